The zero-order valence-electron chi connectivity index (χ0n) is 11.2. The summed E-state index contributed by atoms with van der Waals surface area (Å²) < 4.78 is 0. The van der Waals surface area contributed by atoms with E-state index in [2.05, 4.69) is 10.6 Å². The third kappa shape index (κ3) is 4.50. The van der Waals surface area contributed by atoms with Gasteiger partial charge in [0.05, 0.1) is 22.3 Å². The molecule has 7 heteroatoms. The number of rotatable bonds is 4. The van der Waals surface area contributed by atoms with E-state index in [1.807, 2.05) is 11.9 Å². The molecule has 1 aromatic rings. The Labute approximate surface area is 135 Å². The third-order valence-electron chi connectivity index (χ3n) is 3.28. The quantitative estimate of drug-likeness (QED) is 0.887. The maximum Gasteiger partial charge on any atom is 0.238 e. The molecule has 1 amide bonds. The Morgan fingerprint density at radius 1 is 1.45 bits per heavy atom. The maximum atomic E-state index is 12.0. The van der Waals surface area contributed by atoms with Crippen LogP contribution in [0.25, 0.3) is 0 Å². The normalized spacial score (nSPS) is 17.9. The number of amides is 1. The van der Waals surface area contributed by atoms with Gasteiger partial charge in [-0.1, -0.05) is 29.3 Å². The van der Waals surface area contributed by atoms with E-state index in [9.17, 15) is 4.79 Å². The van der Waals surface area contributed by atoms with Gasteiger partial charge in [-0.25, -0.2) is 0 Å². The fourth-order valence-corrected chi connectivity index (χ4v) is 2.66. The number of hydrogen-bond donors (Lipinski definition) is 2. The summed E-state index contributed by atoms with van der Waals surface area (Å²) in [5.74, 6) is -0.107. The summed E-state index contributed by atoms with van der Waals surface area (Å²) in [7, 11) is 1.95. The molecule has 2 rings (SSSR count). The first-order chi connectivity index (χ1) is 9.08. The lowest BCUT2D eigenvalue weighted by atomic mass is 10.2. The highest BCUT2D eigenvalue weighted by Crippen LogP contribution is 2.29. The van der Waals surface area contributed by atoms with Gasteiger partial charge in [-0.2, -0.15) is 0 Å². The van der Waals surface area contributed by atoms with Gasteiger partial charge in [-0.05, 0) is 32.1 Å². The van der Waals surface area contributed by atoms with Crippen LogP contribution in [0.5, 0.6) is 0 Å². The highest BCUT2D eigenvalue weighted by Gasteiger charge is 2.21. The first-order valence-corrected chi connectivity index (χ1v) is 6.98. The van der Waals surface area contributed by atoms with Gasteiger partial charge in [0.25, 0.3) is 0 Å². The van der Waals surface area contributed by atoms with Crippen LogP contribution in [-0.2, 0) is 4.79 Å². The second kappa shape index (κ2) is 8.05. The summed E-state index contributed by atoms with van der Waals surface area (Å²) >= 11 is 12.0. The molecule has 1 aliphatic heterocycles. The largest absolute Gasteiger partial charge is 0.322 e. The molecule has 20 heavy (non-hydrogen) atoms. The molecule has 0 spiro atoms. The topological polar surface area (TPSA) is 44.4 Å². The van der Waals surface area contributed by atoms with Crippen LogP contribution in [0.2, 0.25) is 10.0 Å². The number of nitrogens with one attached hydrogen (secondary N) is 2. The lowest BCUT2D eigenvalue weighted by Gasteiger charge is -2.22. The van der Waals surface area contributed by atoms with E-state index in [1.165, 1.54) is 0 Å². The van der Waals surface area contributed by atoms with E-state index < -0.39 is 0 Å². The number of anilines is 1. The minimum absolute atomic E-state index is 0. The summed E-state index contributed by atoms with van der Waals surface area (Å²) in [6.45, 7) is 2.26. The Morgan fingerprint density at radius 2 is 2.10 bits per heavy atom. The smallest absolute Gasteiger partial charge is 0.238 e. The molecule has 0 radical (unpaired) electrons. The van der Waals surface area contributed by atoms with Crippen molar-refractivity contribution in [2.75, 3.05) is 32.0 Å². The van der Waals surface area contributed by atoms with Crippen LogP contribution < -0.4 is 10.6 Å². The Hall–Kier alpha value is -0.520. The van der Waals surface area contributed by atoms with Gasteiger partial charge in [0.2, 0.25) is 5.91 Å². The molecule has 0 aromatic heterocycles. The molecule has 1 unspecified atom stereocenters. The van der Waals surface area contributed by atoms with Crippen molar-refractivity contribution in [3.05, 3.63) is 28.2 Å². The van der Waals surface area contributed by atoms with Crippen LogP contribution in [0.1, 0.15) is 6.42 Å². The van der Waals surface area contributed by atoms with Crippen LogP contribution in [0.3, 0.4) is 0 Å². The predicted octanol–water partition coefficient (Wildman–Crippen LogP) is 2.65. The van der Waals surface area contributed by atoms with E-state index in [4.69, 9.17) is 23.2 Å². The van der Waals surface area contributed by atoms with E-state index in [-0.39, 0.29) is 18.3 Å². The lowest BCUT2D eigenvalue weighted by Crippen LogP contribution is -2.39. The summed E-state index contributed by atoms with van der Waals surface area (Å²) in [5, 5.41) is 6.95. The number of benzene rings is 1. The molecule has 0 saturated carbocycles. The molecule has 1 aliphatic rings. The van der Waals surface area contributed by atoms with Crippen molar-refractivity contribution in [3.63, 3.8) is 0 Å². The maximum absolute atomic E-state index is 12.0. The minimum atomic E-state index is -0.107. The Balaban J connectivity index is 0.00000200. The molecule has 112 valence electrons. The minimum Gasteiger partial charge on any atom is -0.322 e. The highest BCUT2D eigenvalue weighted by molar-refractivity contribution is 6.39. The summed E-state index contributed by atoms with van der Waals surface area (Å²) in [4.78, 5) is 14.0. The molecular formula is C13H18Cl3N3O. The van der Waals surface area contributed by atoms with Crippen LogP contribution in [0, 0.1) is 0 Å². The van der Waals surface area contributed by atoms with Gasteiger partial charge in [0.15, 0.2) is 0 Å². The van der Waals surface area contributed by atoms with Crippen molar-refractivity contribution in [2.24, 2.45) is 0 Å². The molecule has 4 nitrogen and oxygen atoms in total. The first-order valence-electron chi connectivity index (χ1n) is 6.22. The van der Waals surface area contributed by atoms with Crippen LogP contribution in [0.15, 0.2) is 18.2 Å². The number of para-hydroxylation sites is 1. The monoisotopic (exact) mass is 337 g/mol. The lowest BCUT2D eigenvalue weighted by molar-refractivity contribution is -0.117. The molecule has 0 bridgehead atoms. The zero-order chi connectivity index (χ0) is 13.8. The van der Waals surface area contributed by atoms with Crippen LogP contribution in [0.4, 0.5) is 5.69 Å². The van der Waals surface area contributed by atoms with E-state index >= 15 is 0 Å². The third-order valence-corrected chi connectivity index (χ3v) is 3.91. The predicted molar refractivity (Wildman–Crippen MR) is 86.2 cm³/mol. The van der Waals surface area contributed by atoms with Crippen LogP contribution >= 0.6 is 35.6 Å². The van der Waals surface area contributed by atoms with Crippen molar-refractivity contribution in [3.8, 4) is 0 Å². The number of carbonyl (C=O) groups excluding carboxylic acids is 1. The average molecular weight is 339 g/mol. The van der Waals surface area contributed by atoms with E-state index in [0.717, 1.165) is 19.5 Å². The van der Waals surface area contributed by atoms with Crippen molar-refractivity contribution in [2.45, 2.75) is 12.5 Å². The second-order valence-electron chi connectivity index (χ2n) is 4.71. The molecule has 1 heterocycles. The Kier molecular flexibility index (Phi) is 7.06. The molecule has 1 fully saturated rings. The van der Waals surface area contributed by atoms with Gasteiger partial charge in [-0.3, -0.25) is 9.69 Å². The van der Waals surface area contributed by atoms with Gasteiger partial charge >= 0.3 is 0 Å². The van der Waals surface area contributed by atoms with E-state index in [1.54, 1.807) is 18.2 Å². The molecule has 2 N–H and O–H groups in total. The van der Waals surface area contributed by atoms with Crippen molar-refractivity contribution >= 4 is 47.2 Å². The number of nitrogens with zero attached hydrogens (tertiary/aromatic N) is 1. The number of likely N-dealkylation sites (N-methyl/N-ethyl adjacent to an activating group) is 1. The van der Waals surface area contributed by atoms with Crippen molar-refractivity contribution in [1.82, 2.24) is 10.2 Å². The van der Waals surface area contributed by atoms with Crippen molar-refractivity contribution in [1.29, 1.82) is 0 Å². The fraction of sp³-hybridized carbons (Fsp3) is 0.462. The van der Waals surface area contributed by atoms with Gasteiger partial charge in [0.1, 0.15) is 0 Å². The summed E-state index contributed by atoms with van der Waals surface area (Å²) in [5.41, 5.74) is 0.480. The molecule has 1 saturated heterocycles. The number of halogens is 3. The van der Waals surface area contributed by atoms with Gasteiger partial charge < -0.3 is 10.6 Å². The zero-order valence-corrected chi connectivity index (χ0v) is 13.5. The standard InChI is InChI=1S/C13H17Cl2N3O.ClH/c1-18(9-5-6-16-7-9)8-12(19)17-13-10(14)3-2-4-11(13)15;/h2-4,9,16H,5-8H2,1H3,(H,17,19);1H. The fourth-order valence-electron chi connectivity index (χ4n) is 2.17. The molecule has 1 atom stereocenters. The Bertz CT molecular complexity index is 444. The van der Waals surface area contributed by atoms with Crippen molar-refractivity contribution < 1.29 is 4.79 Å². The molecule has 0 aliphatic carbocycles. The average Bonchev–Trinajstić information content (AvgIpc) is 2.88. The van der Waals surface area contributed by atoms with Crippen LogP contribution in [-0.4, -0.2) is 43.5 Å². The first kappa shape index (κ1) is 17.5. The number of hydrogen-bond acceptors (Lipinski definition) is 3. The summed E-state index contributed by atoms with van der Waals surface area (Å²) in [6, 6.07) is 5.56. The molecule has 1 aromatic carbocycles. The Morgan fingerprint density at radius 3 is 2.65 bits per heavy atom. The van der Waals surface area contributed by atoms with Gasteiger partial charge in [-0.15, -0.1) is 12.4 Å². The highest BCUT2D eigenvalue weighted by atomic mass is 35.5. The second-order valence-corrected chi connectivity index (χ2v) is 5.52. The number of carbonyl (C=O) groups is 1. The van der Waals surface area contributed by atoms with E-state index in [0.29, 0.717) is 28.3 Å². The molecular weight excluding hydrogens is 321 g/mol. The summed E-state index contributed by atoms with van der Waals surface area (Å²) in [6.07, 6.45) is 1.07. The van der Waals surface area contributed by atoms with Gasteiger partial charge in [0, 0.05) is 12.6 Å². The SMILES string of the molecule is CN(CC(=O)Nc1c(Cl)cccc1Cl)C1CCNC1.Cl.